The second kappa shape index (κ2) is 7.71. The van der Waals surface area contributed by atoms with Crippen molar-refractivity contribution in [3.8, 4) is 11.4 Å². The number of rotatable bonds is 5. The molecule has 27 heavy (non-hydrogen) atoms. The predicted octanol–water partition coefficient (Wildman–Crippen LogP) is 4.60. The summed E-state index contributed by atoms with van der Waals surface area (Å²) < 4.78 is 5.42. The lowest BCUT2D eigenvalue weighted by molar-refractivity contribution is -0.127. The van der Waals surface area contributed by atoms with Crippen molar-refractivity contribution in [3.05, 3.63) is 70.0 Å². The topological polar surface area (TPSA) is 59.2 Å². The van der Waals surface area contributed by atoms with E-state index in [-0.39, 0.29) is 11.8 Å². The summed E-state index contributed by atoms with van der Waals surface area (Å²) >= 11 is 12.1. The summed E-state index contributed by atoms with van der Waals surface area (Å²) in [6.07, 6.45) is 1.16. The molecule has 2 aromatic carbocycles. The zero-order valence-electron chi connectivity index (χ0n) is 14.4. The van der Waals surface area contributed by atoms with Crippen LogP contribution < -0.4 is 0 Å². The van der Waals surface area contributed by atoms with Crippen LogP contribution in [-0.2, 0) is 11.2 Å². The van der Waals surface area contributed by atoms with E-state index >= 15 is 0 Å². The van der Waals surface area contributed by atoms with Crippen LogP contribution in [-0.4, -0.2) is 34.0 Å². The summed E-state index contributed by atoms with van der Waals surface area (Å²) in [5.41, 5.74) is 1.87. The summed E-state index contributed by atoms with van der Waals surface area (Å²) in [5.74, 6) is 0.938. The molecule has 0 radical (unpaired) electrons. The van der Waals surface area contributed by atoms with Gasteiger partial charge in [-0.25, -0.2) is 0 Å². The van der Waals surface area contributed by atoms with E-state index in [9.17, 15) is 4.79 Å². The van der Waals surface area contributed by atoms with Gasteiger partial charge in [0.15, 0.2) is 0 Å². The lowest BCUT2D eigenvalue weighted by Crippen LogP contribution is -2.27. The highest BCUT2D eigenvalue weighted by molar-refractivity contribution is 6.33. The molecule has 138 valence electrons. The molecule has 0 aliphatic carbocycles. The molecule has 0 spiro atoms. The number of aromatic nitrogens is 2. The van der Waals surface area contributed by atoms with E-state index in [0.717, 1.165) is 17.5 Å². The molecule has 1 atom stereocenters. The van der Waals surface area contributed by atoms with E-state index in [2.05, 4.69) is 10.1 Å². The van der Waals surface area contributed by atoms with Crippen LogP contribution >= 0.6 is 23.2 Å². The second-order valence-corrected chi connectivity index (χ2v) is 7.40. The molecular weight excluding hydrogens is 385 g/mol. The Kier molecular flexibility index (Phi) is 5.14. The third kappa shape index (κ3) is 3.99. The summed E-state index contributed by atoms with van der Waals surface area (Å²) in [4.78, 5) is 18.7. The molecule has 0 bridgehead atoms. The highest BCUT2D eigenvalue weighted by atomic mass is 35.5. The van der Waals surface area contributed by atoms with Crippen molar-refractivity contribution < 1.29 is 9.32 Å². The van der Waals surface area contributed by atoms with Crippen LogP contribution in [0.5, 0.6) is 0 Å². The molecule has 7 heteroatoms. The number of nitrogens with zero attached hydrogens (tertiary/aromatic N) is 3. The quantitative estimate of drug-likeness (QED) is 0.626. The van der Waals surface area contributed by atoms with Crippen LogP contribution in [0.25, 0.3) is 11.4 Å². The van der Waals surface area contributed by atoms with Crippen LogP contribution in [0, 0.1) is 0 Å². The van der Waals surface area contributed by atoms with E-state index < -0.39 is 0 Å². The first kappa shape index (κ1) is 18.0. The van der Waals surface area contributed by atoms with E-state index in [0.29, 0.717) is 41.3 Å². The molecule has 1 saturated heterocycles. The average molecular weight is 402 g/mol. The number of benzene rings is 2. The van der Waals surface area contributed by atoms with E-state index in [1.807, 2.05) is 47.4 Å². The van der Waals surface area contributed by atoms with Gasteiger partial charge < -0.3 is 9.42 Å². The van der Waals surface area contributed by atoms with E-state index in [1.54, 1.807) is 6.07 Å². The summed E-state index contributed by atoms with van der Waals surface area (Å²) in [6.45, 7) is 1.24. The van der Waals surface area contributed by atoms with Crippen molar-refractivity contribution in [1.29, 1.82) is 0 Å². The fraction of sp³-hybridized carbons (Fsp3) is 0.250. The predicted molar refractivity (Wildman–Crippen MR) is 104 cm³/mol. The van der Waals surface area contributed by atoms with Crippen LogP contribution in [0.2, 0.25) is 10.0 Å². The van der Waals surface area contributed by atoms with Gasteiger partial charge in [-0.05, 0) is 36.2 Å². The molecular formula is C20H17Cl2N3O2. The number of amides is 1. The Morgan fingerprint density at radius 3 is 2.67 bits per heavy atom. The maximum atomic E-state index is 12.4. The Bertz CT molecular complexity index is 956. The summed E-state index contributed by atoms with van der Waals surface area (Å²) in [5, 5.41) is 5.31. The zero-order chi connectivity index (χ0) is 18.8. The van der Waals surface area contributed by atoms with Crippen molar-refractivity contribution in [2.45, 2.75) is 18.8 Å². The van der Waals surface area contributed by atoms with Gasteiger partial charge >= 0.3 is 0 Å². The SMILES string of the molecule is O=C1CC(c2nc(-c3ccccc3Cl)no2)CN1CCc1ccc(Cl)cc1. The van der Waals surface area contributed by atoms with Crippen LogP contribution in [0.3, 0.4) is 0 Å². The monoisotopic (exact) mass is 401 g/mol. The highest BCUT2D eigenvalue weighted by Gasteiger charge is 2.34. The first-order chi connectivity index (χ1) is 13.1. The first-order valence-electron chi connectivity index (χ1n) is 8.71. The van der Waals surface area contributed by atoms with Gasteiger partial charge in [0.2, 0.25) is 17.6 Å². The molecule has 1 aliphatic rings. The van der Waals surface area contributed by atoms with Gasteiger partial charge in [-0.15, -0.1) is 0 Å². The number of carbonyl (C=O) groups is 1. The molecule has 1 fully saturated rings. The number of halogens is 2. The molecule has 1 aromatic heterocycles. The van der Waals surface area contributed by atoms with Gasteiger partial charge in [0.25, 0.3) is 0 Å². The Hall–Kier alpha value is -2.37. The Labute approximate surface area is 166 Å². The lowest BCUT2D eigenvalue weighted by Gasteiger charge is -2.15. The van der Waals surface area contributed by atoms with Crippen molar-refractivity contribution in [2.24, 2.45) is 0 Å². The standard InChI is InChI=1S/C20H17Cl2N3O2/c21-15-7-5-13(6-8-15)9-10-25-12-14(11-18(25)26)20-23-19(24-27-20)16-3-1-2-4-17(16)22/h1-8,14H,9-12H2. The van der Waals surface area contributed by atoms with Crippen LogP contribution in [0.15, 0.2) is 53.1 Å². The zero-order valence-corrected chi connectivity index (χ0v) is 16.0. The minimum Gasteiger partial charge on any atom is -0.342 e. The molecule has 0 saturated carbocycles. The Balaban J connectivity index is 1.42. The van der Waals surface area contributed by atoms with Gasteiger partial charge in [-0.2, -0.15) is 4.98 Å². The third-order valence-electron chi connectivity index (χ3n) is 4.70. The largest absolute Gasteiger partial charge is 0.342 e. The summed E-state index contributed by atoms with van der Waals surface area (Å²) in [7, 11) is 0. The van der Waals surface area contributed by atoms with Crippen molar-refractivity contribution in [2.75, 3.05) is 13.1 Å². The molecule has 1 aliphatic heterocycles. The minimum atomic E-state index is -0.0912. The van der Waals surface area contributed by atoms with Crippen LogP contribution in [0.1, 0.15) is 23.8 Å². The minimum absolute atomic E-state index is 0.0912. The molecule has 5 nitrogen and oxygen atoms in total. The molecule has 1 amide bonds. The number of hydrogen-bond acceptors (Lipinski definition) is 4. The first-order valence-corrected chi connectivity index (χ1v) is 9.46. The van der Waals surface area contributed by atoms with Gasteiger partial charge in [0.1, 0.15) is 0 Å². The average Bonchev–Trinajstić information content (AvgIpc) is 3.29. The summed E-state index contributed by atoms with van der Waals surface area (Å²) in [6, 6.07) is 15.0. The fourth-order valence-corrected chi connectivity index (χ4v) is 3.57. The van der Waals surface area contributed by atoms with Crippen LogP contribution in [0.4, 0.5) is 0 Å². The van der Waals surface area contributed by atoms with Gasteiger partial charge in [-0.3, -0.25) is 4.79 Å². The number of likely N-dealkylation sites (tertiary alicyclic amines) is 1. The maximum Gasteiger partial charge on any atom is 0.232 e. The number of hydrogen-bond donors (Lipinski definition) is 0. The molecule has 0 N–H and O–H groups in total. The number of carbonyl (C=O) groups excluding carboxylic acids is 1. The Morgan fingerprint density at radius 1 is 1.11 bits per heavy atom. The van der Waals surface area contributed by atoms with Gasteiger partial charge in [0, 0.05) is 30.1 Å². The molecule has 4 rings (SSSR count). The van der Waals surface area contributed by atoms with Crippen molar-refractivity contribution in [3.63, 3.8) is 0 Å². The maximum absolute atomic E-state index is 12.4. The van der Waals surface area contributed by atoms with Gasteiger partial charge in [-0.1, -0.05) is 52.6 Å². The Morgan fingerprint density at radius 2 is 1.89 bits per heavy atom. The smallest absolute Gasteiger partial charge is 0.232 e. The normalized spacial score (nSPS) is 16.9. The third-order valence-corrected chi connectivity index (χ3v) is 5.29. The van der Waals surface area contributed by atoms with Crippen molar-refractivity contribution in [1.82, 2.24) is 15.0 Å². The lowest BCUT2D eigenvalue weighted by atomic mass is 10.1. The molecule has 1 unspecified atom stereocenters. The van der Waals surface area contributed by atoms with E-state index in [1.165, 1.54) is 0 Å². The second-order valence-electron chi connectivity index (χ2n) is 6.55. The highest BCUT2D eigenvalue weighted by Crippen LogP contribution is 2.30. The molecule has 3 aromatic rings. The molecule has 2 heterocycles. The fourth-order valence-electron chi connectivity index (χ4n) is 3.22. The van der Waals surface area contributed by atoms with Gasteiger partial charge in [0.05, 0.1) is 10.9 Å². The van der Waals surface area contributed by atoms with E-state index in [4.69, 9.17) is 27.7 Å². The van der Waals surface area contributed by atoms with Crippen molar-refractivity contribution >= 4 is 29.1 Å².